The van der Waals surface area contributed by atoms with Gasteiger partial charge in [0.15, 0.2) is 0 Å². The molecule has 3 nitrogen and oxygen atoms in total. The van der Waals surface area contributed by atoms with Crippen molar-refractivity contribution in [2.75, 3.05) is 0 Å². The third-order valence-corrected chi connectivity index (χ3v) is 5.46. The topological polar surface area (TPSA) is 38.7 Å². The molecule has 0 unspecified atom stereocenters. The van der Waals surface area contributed by atoms with Crippen LogP contribution < -0.4 is 0 Å². The quantitative estimate of drug-likeness (QED) is 0.220. The zero-order valence-electron chi connectivity index (χ0n) is 16.1. The Bertz CT molecular complexity index is 1290. The van der Waals surface area contributed by atoms with Crippen molar-refractivity contribution in [2.24, 2.45) is 5.16 Å². The van der Waals surface area contributed by atoms with Gasteiger partial charge in [-0.3, -0.25) is 0 Å². The van der Waals surface area contributed by atoms with Gasteiger partial charge >= 0.3 is 5.97 Å². The molecule has 4 aromatic rings. The Morgan fingerprint density at radius 1 is 0.759 bits per heavy atom. The Hall–Kier alpha value is -3.72. The van der Waals surface area contributed by atoms with Gasteiger partial charge in [-0.2, -0.15) is 0 Å². The minimum Gasteiger partial charge on any atom is -0.313 e. The van der Waals surface area contributed by atoms with Gasteiger partial charge < -0.3 is 4.84 Å². The first-order chi connectivity index (χ1) is 14.2. The summed E-state index contributed by atoms with van der Waals surface area (Å²) in [6, 6.07) is 28.2. The first kappa shape index (κ1) is 17.4. The minimum absolute atomic E-state index is 0.455. The maximum absolute atomic E-state index is 12.4. The first-order valence-corrected chi connectivity index (χ1v) is 9.65. The predicted octanol–water partition coefficient (Wildman–Crippen LogP) is 5.99. The average molecular weight is 377 g/mol. The zero-order valence-corrected chi connectivity index (χ0v) is 16.1. The van der Waals surface area contributed by atoms with E-state index in [-0.39, 0.29) is 0 Å². The standard InChI is InChI=1S/C26H19NO2/c1-17(19-12-13-25-23(14-19)16-21-8-4-5-9-24(21)25)27-29-26(28)22-11-10-18-6-2-3-7-20(18)15-22/h2-15H,16H2,1H3/b27-17+. The fourth-order valence-corrected chi connectivity index (χ4v) is 3.90. The fraction of sp³-hybridized carbons (Fsp3) is 0.0769. The number of hydrogen-bond acceptors (Lipinski definition) is 3. The van der Waals surface area contributed by atoms with Crippen molar-refractivity contribution < 1.29 is 9.63 Å². The highest BCUT2D eigenvalue weighted by Gasteiger charge is 2.18. The molecule has 0 atom stereocenters. The lowest BCUT2D eigenvalue weighted by molar-refractivity contribution is 0.0516. The molecule has 0 amide bonds. The van der Waals surface area contributed by atoms with Gasteiger partial charge in [-0.25, -0.2) is 4.79 Å². The van der Waals surface area contributed by atoms with Crippen LogP contribution in [0.15, 0.2) is 90.1 Å². The lowest BCUT2D eigenvalue weighted by atomic mass is 10.0. The lowest BCUT2D eigenvalue weighted by Crippen LogP contribution is -2.04. The summed E-state index contributed by atoms with van der Waals surface area (Å²) in [4.78, 5) is 17.7. The van der Waals surface area contributed by atoms with Crippen molar-refractivity contribution >= 4 is 22.5 Å². The second-order valence-electron chi connectivity index (χ2n) is 7.32. The van der Waals surface area contributed by atoms with Crippen molar-refractivity contribution in [1.82, 2.24) is 0 Å². The highest BCUT2D eigenvalue weighted by molar-refractivity contribution is 6.01. The summed E-state index contributed by atoms with van der Waals surface area (Å²) in [5, 5.41) is 6.18. The maximum atomic E-state index is 12.4. The van der Waals surface area contributed by atoms with Crippen LogP contribution in [0.2, 0.25) is 0 Å². The Kier molecular flexibility index (Phi) is 4.21. The molecule has 0 saturated heterocycles. The summed E-state index contributed by atoms with van der Waals surface area (Å²) in [6.45, 7) is 1.86. The van der Waals surface area contributed by atoms with E-state index in [0.29, 0.717) is 11.3 Å². The molecule has 5 rings (SSSR count). The summed E-state index contributed by atoms with van der Waals surface area (Å²) < 4.78 is 0. The highest BCUT2D eigenvalue weighted by Crippen LogP contribution is 2.36. The van der Waals surface area contributed by atoms with Crippen molar-refractivity contribution in [2.45, 2.75) is 13.3 Å². The van der Waals surface area contributed by atoms with Crippen molar-refractivity contribution in [1.29, 1.82) is 0 Å². The highest BCUT2D eigenvalue weighted by atomic mass is 16.7. The van der Waals surface area contributed by atoms with E-state index in [2.05, 4.69) is 41.6 Å². The molecule has 1 aliphatic carbocycles. The van der Waals surface area contributed by atoms with Gasteiger partial charge in [-0.05, 0) is 70.1 Å². The van der Waals surface area contributed by atoms with Crippen molar-refractivity contribution in [3.05, 3.63) is 107 Å². The average Bonchev–Trinajstić information content (AvgIpc) is 3.14. The monoisotopic (exact) mass is 377 g/mol. The molecule has 0 saturated carbocycles. The molecule has 0 aliphatic heterocycles. The van der Waals surface area contributed by atoms with Crippen LogP contribution in [-0.2, 0) is 11.3 Å². The Labute approximate surface area is 169 Å². The molecule has 0 fully saturated rings. The molecule has 0 bridgehead atoms. The van der Waals surface area contributed by atoms with Crippen LogP contribution in [0.4, 0.5) is 0 Å². The van der Waals surface area contributed by atoms with Gasteiger partial charge in [0.05, 0.1) is 11.3 Å². The Morgan fingerprint density at radius 2 is 1.48 bits per heavy atom. The molecule has 0 aromatic heterocycles. The van der Waals surface area contributed by atoms with Crippen LogP contribution >= 0.6 is 0 Å². The molecule has 0 radical (unpaired) electrons. The van der Waals surface area contributed by atoms with Crippen molar-refractivity contribution in [3.8, 4) is 11.1 Å². The summed E-state index contributed by atoms with van der Waals surface area (Å²) in [7, 11) is 0. The van der Waals surface area contributed by atoms with Crippen LogP contribution in [0.3, 0.4) is 0 Å². The molecule has 3 heteroatoms. The minimum atomic E-state index is -0.455. The predicted molar refractivity (Wildman–Crippen MR) is 116 cm³/mol. The van der Waals surface area contributed by atoms with E-state index in [1.165, 1.54) is 22.3 Å². The van der Waals surface area contributed by atoms with Gasteiger partial charge in [0.25, 0.3) is 0 Å². The number of nitrogens with zero attached hydrogens (tertiary/aromatic N) is 1. The lowest BCUT2D eigenvalue weighted by Gasteiger charge is -2.06. The number of oxime groups is 1. The molecular formula is C26H19NO2. The van der Waals surface area contributed by atoms with Crippen LogP contribution in [-0.4, -0.2) is 11.7 Å². The number of carbonyl (C=O) groups excluding carboxylic acids is 1. The number of carbonyl (C=O) groups is 1. The number of hydrogen-bond donors (Lipinski definition) is 0. The Morgan fingerprint density at radius 3 is 2.38 bits per heavy atom. The first-order valence-electron chi connectivity index (χ1n) is 9.65. The van der Waals surface area contributed by atoms with E-state index in [4.69, 9.17) is 4.84 Å². The van der Waals surface area contributed by atoms with E-state index in [9.17, 15) is 4.79 Å². The summed E-state index contributed by atoms with van der Waals surface area (Å²) in [6.07, 6.45) is 0.920. The normalized spacial score (nSPS) is 12.5. The largest absolute Gasteiger partial charge is 0.365 e. The SMILES string of the molecule is C/C(=N\OC(=O)c1ccc2ccccc2c1)c1ccc2c(c1)Cc1ccccc1-2. The van der Waals surface area contributed by atoms with Crippen LogP contribution in [0.25, 0.3) is 21.9 Å². The van der Waals surface area contributed by atoms with E-state index >= 15 is 0 Å². The molecular weight excluding hydrogens is 358 g/mol. The smallest absolute Gasteiger partial charge is 0.313 e. The van der Waals surface area contributed by atoms with E-state index in [0.717, 1.165) is 22.8 Å². The molecule has 4 aromatic carbocycles. The molecule has 0 spiro atoms. The number of benzene rings is 4. The van der Waals surface area contributed by atoms with Gasteiger partial charge in [0.1, 0.15) is 0 Å². The summed E-state index contributed by atoms with van der Waals surface area (Å²) in [5.41, 5.74) is 7.32. The van der Waals surface area contributed by atoms with Crippen molar-refractivity contribution in [3.63, 3.8) is 0 Å². The number of rotatable bonds is 3. The van der Waals surface area contributed by atoms with Crippen LogP contribution in [0.5, 0.6) is 0 Å². The fourth-order valence-electron chi connectivity index (χ4n) is 3.90. The van der Waals surface area contributed by atoms with E-state index in [1.807, 2.05) is 49.4 Å². The third-order valence-electron chi connectivity index (χ3n) is 5.46. The molecule has 29 heavy (non-hydrogen) atoms. The second kappa shape index (κ2) is 7.02. The summed E-state index contributed by atoms with van der Waals surface area (Å²) in [5.74, 6) is -0.455. The maximum Gasteiger partial charge on any atom is 0.365 e. The van der Waals surface area contributed by atoms with Gasteiger partial charge in [0, 0.05) is 0 Å². The third kappa shape index (κ3) is 3.21. The molecule has 0 N–H and O–H groups in total. The number of fused-ring (bicyclic) bond motifs is 4. The summed E-state index contributed by atoms with van der Waals surface area (Å²) >= 11 is 0. The van der Waals surface area contributed by atoms with Crippen LogP contribution in [0.1, 0.15) is 34.0 Å². The molecule has 0 heterocycles. The van der Waals surface area contributed by atoms with Gasteiger partial charge in [0.2, 0.25) is 0 Å². The molecule has 1 aliphatic rings. The zero-order chi connectivity index (χ0) is 19.8. The van der Waals surface area contributed by atoms with E-state index in [1.54, 1.807) is 6.07 Å². The Balaban J connectivity index is 1.36. The van der Waals surface area contributed by atoms with Gasteiger partial charge in [-0.1, -0.05) is 71.9 Å². The van der Waals surface area contributed by atoms with Gasteiger partial charge in [-0.15, -0.1) is 0 Å². The molecule has 140 valence electrons. The van der Waals surface area contributed by atoms with E-state index < -0.39 is 5.97 Å². The van der Waals surface area contributed by atoms with Crippen LogP contribution in [0, 0.1) is 0 Å². The second-order valence-corrected chi connectivity index (χ2v) is 7.32.